The van der Waals surface area contributed by atoms with E-state index >= 15 is 0 Å². The molecular weight excluding hydrogens is 333 g/mol. The normalized spacial score (nSPS) is 12.2. The quantitative estimate of drug-likeness (QED) is 0.815. The molecule has 0 saturated carbocycles. The van der Waals surface area contributed by atoms with Gasteiger partial charge in [0.15, 0.2) is 0 Å². The van der Waals surface area contributed by atoms with Crippen molar-refractivity contribution >= 4 is 15.9 Å². The van der Waals surface area contributed by atoms with Crippen molar-refractivity contribution in [3.63, 3.8) is 0 Å². The summed E-state index contributed by atoms with van der Waals surface area (Å²) in [5.74, 6) is 0.596. The lowest BCUT2D eigenvalue weighted by molar-refractivity contribution is 0.338. The van der Waals surface area contributed by atoms with E-state index in [0.717, 1.165) is 22.3 Å². The first-order valence-corrected chi connectivity index (χ1v) is 7.86. The molecule has 0 bridgehead atoms. The Kier molecular flexibility index (Phi) is 5.76. The maximum atomic E-state index is 14.1. The van der Waals surface area contributed by atoms with Gasteiger partial charge in [0.25, 0.3) is 0 Å². The van der Waals surface area contributed by atoms with Crippen molar-refractivity contribution in [2.75, 3.05) is 13.2 Å². The largest absolute Gasteiger partial charge is 0.493 e. The minimum atomic E-state index is -0.201. The van der Waals surface area contributed by atoms with Crippen LogP contribution in [0.5, 0.6) is 5.75 Å². The number of nitrogens with one attached hydrogen (secondary N) is 1. The number of rotatable bonds is 6. The van der Waals surface area contributed by atoms with Crippen LogP contribution in [0.15, 0.2) is 46.9 Å². The zero-order valence-corrected chi connectivity index (χ0v) is 13.8. The van der Waals surface area contributed by atoms with Crippen LogP contribution in [-0.4, -0.2) is 13.2 Å². The lowest BCUT2D eigenvalue weighted by Crippen LogP contribution is -2.23. The third kappa shape index (κ3) is 3.83. The molecular formula is C17H19BrFNO. The molecule has 2 aromatic rings. The Morgan fingerprint density at radius 3 is 2.57 bits per heavy atom. The lowest BCUT2D eigenvalue weighted by atomic mass is 9.98. The smallest absolute Gasteiger partial charge is 0.133 e. The van der Waals surface area contributed by atoms with E-state index < -0.39 is 0 Å². The number of hydrogen-bond acceptors (Lipinski definition) is 2. The van der Waals surface area contributed by atoms with Gasteiger partial charge in [-0.2, -0.15) is 0 Å². The van der Waals surface area contributed by atoms with Crippen LogP contribution < -0.4 is 10.1 Å². The van der Waals surface area contributed by atoms with Crippen molar-refractivity contribution in [2.45, 2.75) is 19.9 Å². The van der Waals surface area contributed by atoms with Gasteiger partial charge in [-0.1, -0.05) is 31.2 Å². The predicted molar refractivity (Wildman–Crippen MR) is 87.2 cm³/mol. The molecule has 112 valence electrons. The zero-order chi connectivity index (χ0) is 15.2. The fourth-order valence-electron chi connectivity index (χ4n) is 2.29. The molecule has 1 unspecified atom stereocenters. The highest BCUT2D eigenvalue weighted by Gasteiger charge is 2.17. The highest BCUT2D eigenvalue weighted by molar-refractivity contribution is 9.10. The van der Waals surface area contributed by atoms with Crippen molar-refractivity contribution in [3.8, 4) is 5.75 Å². The predicted octanol–water partition coefficient (Wildman–Crippen LogP) is 4.69. The van der Waals surface area contributed by atoms with Gasteiger partial charge in [0.1, 0.15) is 11.6 Å². The van der Waals surface area contributed by atoms with Crippen LogP contribution in [0.25, 0.3) is 0 Å². The standard InChI is InChI=1S/C17H19BrFNO/c1-3-20-17(13-7-5-6-8-15(13)19)12-9-10-16(21-4-2)14(18)11-12/h5-11,17,20H,3-4H2,1-2H3. The molecule has 2 nitrogen and oxygen atoms in total. The molecule has 2 aromatic carbocycles. The van der Waals surface area contributed by atoms with Crippen LogP contribution in [-0.2, 0) is 0 Å². The molecule has 1 atom stereocenters. The summed E-state index contributed by atoms with van der Waals surface area (Å²) < 4.78 is 20.5. The summed E-state index contributed by atoms with van der Waals surface area (Å²) in [6.07, 6.45) is 0. The van der Waals surface area contributed by atoms with Gasteiger partial charge < -0.3 is 10.1 Å². The van der Waals surface area contributed by atoms with E-state index in [9.17, 15) is 4.39 Å². The Labute approximate surface area is 133 Å². The second-order valence-electron chi connectivity index (χ2n) is 4.64. The third-order valence-electron chi connectivity index (χ3n) is 3.21. The highest BCUT2D eigenvalue weighted by Crippen LogP contribution is 2.31. The summed E-state index contributed by atoms with van der Waals surface area (Å²) in [6.45, 7) is 5.32. The monoisotopic (exact) mass is 351 g/mol. The van der Waals surface area contributed by atoms with Crippen LogP contribution in [0.4, 0.5) is 4.39 Å². The van der Waals surface area contributed by atoms with Gasteiger partial charge >= 0.3 is 0 Å². The summed E-state index contributed by atoms with van der Waals surface area (Å²) >= 11 is 3.51. The summed E-state index contributed by atoms with van der Waals surface area (Å²) in [5.41, 5.74) is 1.65. The molecule has 0 amide bonds. The topological polar surface area (TPSA) is 21.3 Å². The molecule has 1 N–H and O–H groups in total. The van der Waals surface area contributed by atoms with Crippen LogP contribution in [0.2, 0.25) is 0 Å². The van der Waals surface area contributed by atoms with Gasteiger partial charge in [-0.25, -0.2) is 4.39 Å². The van der Waals surface area contributed by atoms with E-state index in [0.29, 0.717) is 12.2 Å². The summed E-state index contributed by atoms with van der Waals surface area (Å²) in [5, 5.41) is 3.33. The minimum absolute atomic E-state index is 0.178. The van der Waals surface area contributed by atoms with E-state index in [4.69, 9.17) is 4.74 Å². The zero-order valence-electron chi connectivity index (χ0n) is 12.2. The van der Waals surface area contributed by atoms with E-state index in [-0.39, 0.29) is 11.9 Å². The van der Waals surface area contributed by atoms with Gasteiger partial charge in [0.2, 0.25) is 0 Å². The van der Waals surface area contributed by atoms with E-state index in [1.54, 1.807) is 6.07 Å². The van der Waals surface area contributed by atoms with Gasteiger partial charge in [0.05, 0.1) is 17.1 Å². The molecule has 0 aromatic heterocycles. The van der Waals surface area contributed by atoms with Gasteiger partial charge in [0, 0.05) is 5.56 Å². The van der Waals surface area contributed by atoms with Crippen LogP contribution in [0, 0.1) is 5.82 Å². The first kappa shape index (κ1) is 16.0. The molecule has 0 aliphatic heterocycles. The molecule has 0 aliphatic rings. The molecule has 0 spiro atoms. The van der Waals surface area contributed by atoms with Crippen molar-refractivity contribution in [1.29, 1.82) is 0 Å². The van der Waals surface area contributed by atoms with Crippen LogP contribution in [0.3, 0.4) is 0 Å². The second-order valence-corrected chi connectivity index (χ2v) is 5.49. The van der Waals surface area contributed by atoms with Crippen molar-refractivity contribution < 1.29 is 9.13 Å². The molecule has 2 rings (SSSR count). The van der Waals surface area contributed by atoms with E-state index in [2.05, 4.69) is 21.2 Å². The summed E-state index contributed by atoms with van der Waals surface area (Å²) in [6, 6.07) is 12.5. The second kappa shape index (κ2) is 7.57. The Hall–Kier alpha value is -1.39. The average Bonchev–Trinajstić information content (AvgIpc) is 2.48. The molecule has 21 heavy (non-hydrogen) atoms. The Bertz CT molecular complexity index is 603. The number of hydrogen-bond donors (Lipinski definition) is 1. The highest BCUT2D eigenvalue weighted by atomic mass is 79.9. The fourth-order valence-corrected chi connectivity index (χ4v) is 2.80. The van der Waals surface area contributed by atoms with Gasteiger partial charge in [-0.15, -0.1) is 0 Å². The van der Waals surface area contributed by atoms with E-state index in [1.807, 2.05) is 44.2 Å². The molecule has 4 heteroatoms. The number of ether oxygens (including phenoxy) is 1. The van der Waals surface area contributed by atoms with Crippen molar-refractivity contribution in [3.05, 3.63) is 63.9 Å². The Balaban J connectivity index is 2.39. The van der Waals surface area contributed by atoms with Gasteiger partial charge in [-0.3, -0.25) is 0 Å². The average molecular weight is 352 g/mol. The Morgan fingerprint density at radius 1 is 1.19 bits per heavy atom. The molecule has 0 fully saturated rings. The van der Waals surface area contributed by atoms with Crippen molar-refractivity contribution in [1.82, 2.24) is 5.32 Å². The lowest BCUT2D eigenvalue weighted by Gasteiger charge is -2.20. The fraction of sp³-hybridized carbons (Fsp3) is 0.294. The molecule has 0 aliphatic carbocycles. The minimum Gasteiger partial charge on any atom is -0.493 e. The molecule has 0 saturated heterocycles. The van der Waals surface area contributed by atoms with Crippen molar-refractivity contribution in [2.24, 2.45) is 0 Å². The maximum absolute atomic E-state index is 14.1. The molecule has 0 radical (unpaired) electrons. The van der Waals surface area contributed by atoms with Crippen LogP contribution in [0.1, 0.15) is 31.0 Å². The number of benzene rings is 2. The third-order valence-corrected chi connectivity index (χ3v) is 3.83. The SMILES string of the molecule is CCNC(c1ccc(OCC)c(Br)c1)c1ccccc1F. The number of halogens is 2. The van der Waals surface area contributed by atoms with E-state index in [1.165, 1.54) is 6.07 Å². The molecule has 0 heterocycles. The summed E-state index contributed by atoms with van der Waals surface area (Å²) in [4.78, 5) is 0. The maximum Gasteiger partial charge on any atom is 0.133 e. The van der Waals surface area contributed by atoms with Gasteiger partial charge in [-0.05, 0) is 53.2 Å². The first-order chi connectivity index (χ1) is 10.2. The first-order valence-electron chi connectivity index (χ1n) is 7.07. The Morgan fingerprint density at radius 2 is 1.95 bits per heavy atom. The summed E-state index contributed by atoms with van der Waals surface area (Å²) in [7, 11) is 0. The van der Waals surface area contributed by atoms with Crippen LogP contribution >= 0.6 is 15.9 Å².